The van der Waals surface area contributed by atoms with E-state index in [1.165, 1.54) is 5.56 Å². The first-order valence-corrected chi connectivity index (χ1v) is 12.5. The van der Waals surface area contributed by atoms with E-state index in [4.69, 9.17) is 14.2 Å². The summed E-state index contributed by atoms with van der Waals surface area (Å²) in [5.74, 6) is 1.53. The lowest BCUT2D eigenvalue weighted by atomic mass is 9.87. The maximum absolute atomic E-state index is 12.6. The number of hydrogen-bond acceptors (Lipinski definition) is 5. The van der Waals surface area contributed by atoms with Crippen LogP contribution in [0, 0.1) is 0 Å². The van der Waals surface area contributed by atoms with Crippen LogP contribution in [0.4, 0.5) is 11.4 Å². The highest BCUT2D eigenvalue weighted by atomic mass is 16.5. The Bertz CT molecular complexity index is 1250. The number of ether oxygens (including phenoxy) is 3. The van der Waals surface area contributed by atoms with E-state index >= 15 is 0 Å². The van der Waals surface area contributed by atoms with Crippen molar-refractivity contribution < 1.29 is 23.8 Å². The van der Waals surface area contributed by atoms with E-state index in [0.29, 0.717) is 36.0 Å². The zero-order chi connectivity index (χ0) is 26.4. The van der Waals surface area contributed by atoms with Crippen molar-refractivity contribution >= 4 is 23.2 Å². The number of amides is 2. The molecule has 0 bridgehead atoms. The Morgan fingerprint density at radius 3 is 2.51 bits per heavy atom. The molecular formula is C30H34N2O5. The van der Waals surface area contributed by atoms with E-state index in [0.717, 1.165) is 17.7 Å². The molecule has 0 spiro atoms. The summed E-state index contributed by atoms with van der Waals surface area (Å²) in [6, 6.07) is 20.9. The van der Waals surface area contributed by atoms with Gasteiger partial charge in [0, 0.05) is 5.69 Å². The Kier molecular flexibility index (Phi) is 8.01. The average Bonchev–Trinajstić information content (AvgIpc) is 2.88. The first-order chi connectivity index (χ1) is 17.7. The minimum atomic E-state index is -0.293. The fourth-order valence-corrected chi connectivity index (χ4v) is 4.03. The van der Waals surface area contributed by atoms with Crippen molar-refractivity contribution in [2.45, 2.75) is 39.5 Å². The quantitative estimate of drug-likeness (QED) is 0.426. The number of fused-ring (bicyclic) bond motifs is 1. The van der Waals surface area contributed by atoms with Gasteiger partial charge in [0.1, 0.15) is 23.9 Å². The standard InChI is InChI=1S/C30H34N2O5/c1-5-21-7-6-8-25(17-21)36-19-28(33)31-23-11-14-27-26(18-23)32(29(34)20-37-27)15-16-35-24-12-9-22(10-13-24)30(2,3)4/h6-14,17-18H,5,15-16,19-20H2,1-4H3,(H,31,33). The molecule has 2 amide bonds. The SMILES string of the molecule is CCc1cccc(OCC(=O)Nc2ccc3c(c2)N(CCOc2ccc(C(C)(C)C)cc2)C(=O)CO3)c1. The zero-order valence-corrected chi connectivity index (χ0v) is 21.9. The van der Waals surface area contributed by atoms with Crippen LogP contribution in [-0.2, 0) is 21.4 Å². The first-order valence-electron chi connectivity index (χ1n) is 12.5. The fraction of sp³-hybridized carbons (Fsp3) is 0.333. The summed E-state index contributed by atoms with van der Waals surface area (Å²) in [6.45, 7) is 9.08. The lowest BCUT2D eigenvalue weighted by Crippen LogP contribution is -2.41. The third-order valence-electron chi connectivity index (χ3n) is 6.17. The summed E-state index contributed by atoms with van der Waals surface area (Å²) in [6.07, 6.45) is 0.893. The minimum absolute atomic E-state index is 0.0380. The van der Waals surface area contributed by atoms with Gasteiger partial charge in [0.25, 0.3) is 11.8 Å². The Morgan fingerprint density at radius 2 is 1.78 bits per heavy atom. The third kappa shape index (κ3) is 6.82. The van der Waals surface area contributed by atoms with Gasteiger partial charge in [0.2, 0.25) is 0 Å². The van der Waals surface area contributed by atoms with Crippen LogP contribution in [0.15, 0.2) is 66.7 Å². The van der Waals surface area contributed by atoms with E-state index in [-0.39, 0.29) is 30.4 Å². The van der Waals surface area contributed by atoms with Gasteiger partial charge in [-0.2, -0.15) is 0 Å². The zero-order valence-electron chi connectivity index (χ0n) is 21.9. The Morgan fingerprint density at radius 1 is 1.00 bits per heavy atom. The smallest absolute Gasteiger partial charge is 0.265 e. The van der Waals surface area contributed by atoms with Gasteiger partial charge in [-0.3, -0.25) is 9.59 Å². The highest BCUT2D eigenvalue weighted by Crippen LogP contribution is 2.34. The summed E-state index contributed by atoms with van der Waals surface area (Å²) in [7, 11) is 0. The molecule has 0 unspecified atom stereocenters. The predicted molar refractivity (Wildman–Crippen MR) is 145 cm³/mol. The van der Waals surface area contributed by atoms with Gasteiger partial charge < -0.3 is 24.4 Å². The molecule has 0 radical (unpaired) electrons. The van der Waals surface area contributed by atoms with Crippen LogP contribution >= 0.6 is 0 Å². The summed E-state index contributed by atoms with van der Waals surface area (Å²) in [4.78, 5) is 26.8. The van der Waals surface area contributed by atoms with Crippen LogP contribution in [-0.4, -0.2) is 38.2 Å². The van der Waals surface area contributed by atoms with Crippen molar-refractivity contribution in [2.75, 3.05) is 36.6 Å². The second-order valence-corrected chi connectivity index (χ2v) is 9.98. The molecular weight excluding hydrogens is 468 g/mol. The molecule has 3 aromatic rings. The van der Waals surface area contributed by atoms with E-state index in [1.807, 2.05) is 36.4 Å². The molecule has 7 nitrogen and oxygen atoms in total. The summed E-state index contributed by atoms with van der Waals surface area (Å²) >= 11 is 0. The van der Waals surface area contributed by atoms with Crippen molar-refractivity contribution in [1.29, 1.82) is 0 Å². The molecule has 7 heteroatoms. The molecule has 1 N–H and O–H groups in total. The van der Waals surface area contributed by atoms with Crippen molar-refractivity contribution in [3.63, 3.8) is 0 Å². The Hall–Kier alpha value is -4.00. The van der Waals surface area contributed by atoms with Crippen LogP contribution in [0.1, 0.15) is 38.8 Å². The number of anilines is 2. The monoisotopic (exact) mass is 502 g/mol. The van der Waals surface area contributed by atoms with Gasteiger partial charge in [-0.1, -0.05) is 52.0 Å². The number of benzene rings is 3. The number of aryl methyl sites for hydroxylation is 1. The van der Waals surface area contributed by atoms with Gasteiger partial charge in [0.15, 0.2) is 13.2 Å². The molecule has 1 heterocycles. The second-order valence-electron chi connectivity index (χ2n) is 9.98. The third-order valence-corrected chi connectivity index (χ3v) is 6.17. The molecule has 0 fully saturated rings. The first kappa shape index (κ1) is 26.1. The normalized spacial score (nSPS) is 13.0. The average molecular weight is 503 g/mol. The number of carbonyl (C=O) groups excluding carboxylic acids is 2. The molecule has 1 aliphatic rings. The van der Waals surface area contributed by atoms with Crippen LogP contribution in [0.5, 0.6) is 17.2 Å². The molecule has 0 saturated carbocycles. The number of nitrogens with zero attached hydrogens (tertiary/aromatic N) is 1. The fourth-order valence-electron chi connectivity index (χ4n) is 4.03. The van der Waals surface area contributed by atoms with Gasteiger partial charge >= 0.3 is 0 Å². The van der Waals surface area contributed by atoms with Gasteiger partial charge in [-0.25, -0.2) is 0 Å². The summed E-state index contributed by atoms with van der Waals surface area (Å²) in [5, 5.41) is 2.84. The lowest BCUT2D eigenvalue weighted by Gasteiger charge is -2.29. The Balaban J connectivity index is 1.36. The number of carbonyl (C=O) groups is 2. The highest BCUT2D eigenvalue weighted by molar-refractivity contribution is 5.99. The molecule has 3 aromatic carbocycles. The predicted octanol–water partition coefficient (Wildman–Crippen LogP) is 5.37. The van der Waals surface area contributed by atoms with Gasteiger partial charge in [-0.05, 0) is 65.4 Å². The lowest BCUT2D eigenvalue weighted by molar-refractivity contribution is -0.121. The molecule has 0 aromatic heterocycles. The van der Waals surface area contributed by atoms with E-state index in [1.54, 1.807) is 23.1 Å². The molecule has 0 saturated heterocycles. The van der Waals surface area contributed by atoms with E-state index < -0.39 is 0 Å². The molecule has 37 heavy (non-hydrogen) atoms. The van der Waals surface area contributed by atoms with Crippen molar-refractivity contribution in [2.24, 2.45) is 0 Å². The largest absolute Gasteiger partial charge is 0.492 e. The van der Waals surface area contributed by atoms with Gasteiger partial charge in [-0.15, -0.1) is 0 Å². The van der Waals surface area contributed by atoms with Crippen LogP contribution in [0.3, 0.4) is 0 Å². The second kappa shape index (κ2) is 11.4. The molecule has 4 rings (SSSR count). The number of hydrogen-bond donors (Lipinski definition) is 1. The van der Waals surface area contributed by atoms with Crippen LogP contribution in [0.2, 0.25) is 0 Å². The summed E-state index contributed by atoms with van der Waals surface area (Å²) in [5.41, 5.74) is 3.59. The maximum atomic E-state index is 12.6. The highest BCUT2D eigenvalue weighted by Gasteiger charge is 2.26. The van der Waals surface area contributed by atoms with E-state index in [9.17, 15) is 9.59 Å². The van der Waals surface area contributed by atoms with E-state index in [2.05, 4.69) is 45.1 Å². The molecule has 0 aliphatic carbocycles. The Labute approximate surface area is 218 Å². The minimum Gasteiger partial charge on any atom is -0.492 e. The van der Waals surface area contributed by atoms with Gasteiger partial charge in [0.05, 0.1) is 12.2 Å². The molecule has 0 atom stereocenters. The van der Waals surface area contributed by atoms with Crippen molar-refractivity contribution in [3.8, 4) is 17.2 Å². The van der Waals surface area contributed by atoms with Crippen molar-refractivity contribution in [1.82, 2.24) is 0 Å². The summed E-state index contributed by atoms with van der Waals surface area (Å²) < 4.78 is 17.1. The maximum Gasteiger partial charge on any atom is 0.265 e. The number of nitrogens with one attached hydrogen (secondary N) is 1. The van der Waals surface area contributed by atoms with Crippen LogP contribution < -0.4 is 24.4 Å². The molecule has 1 aliphatic heterocycles. The van der Waals surface area contributed by atoms with Crippen molar-refractivity contribution in [3.05, 3.63) is 77.9 Å². The molecule has 194 valence electrons. The van der Waals surface area contributed by atoms with Crippen LogP contribution in [0.25, 0.3) is 0 Å². The topological polar surface area (TPSA) is 77.1 Å². The number of rotatable bonds is 9.